The van der Waals surface area contributed by atoms with Crippen molar-refractivity contribution in [2.75, 3.05) is 18.4 Å². The van der Waals surface area contributed by atoms with E-state index in [1.807, 2.05) is 29.2 Å². The molecule has 0 saturated carbocycles. The molecule has 1 aliphatic heterocycles. The molecule has 0 aliphatic carbocycles. The molecular weight excluding hydrogens is 252 g/mol. The number of hydrogen-bond acceptors (Lipinski definition) is 2. The largest absolute Gasteiger partial charge is 0.389 e. The van der Waals surface area contributed by atoms with E-state index in [1.54, 1.807) is 6.92 Å². The molecule has 1 fully saturated rings. The summed E-state index contributed by atoms with van der Waals surface area (Å²) in [5.41, 5.74) is 1.82. The average Bonchev–Trinajstić information content (AvgIpc) is 2.38. The lowest BCUT2D eigenvalue weighted by molar-refractivity contribution is 0.138. The second kappa shape index (κ2) is 5.83. The van der Waals surface area contributed by atoms with Gasteiger partial charge in [-0.3, -0.25) is 0 Å². The Morgan fingerprint density at radius 3 is 2.55 bits per heavy atom. The van der Waals surface area contributed by atoms with Gasteiger partial charge in [0.05, 0.1) is 6.10 Å². The monoisotopic (exact) mass is 276 g/mol. The SMILES string of the molecule is CC(O)c1ccc(NC(=O)N2CCCC(C)(C)C2)cc1. The number of nitrogens with one attached hydrogen (secondary N) is 1. The highest BCUT2D eigenvalue weighted by Crippen LogP contribution is 2.28. The van der Waals surface area contributed by atoms with Crippen molar-refractivity contribution < 1.29 is 9.90 Å². The molecule has 1 atom stereocenters. The van der Waals surface area contributed by atoms with Crippen LogP contribution >= 0.6 is 0 Å². The molecule has 2 amide bonds. The number of carbonyl (C=O) groups is 1. The van der Waals surface area contributed by atoms with Crippen LogP contribution in [0.2, 0.25) is 0 Å². The molecule has 1 unspecified atom stereocenters. The van der Waals surface area contributed by atoms with Gasteiger partial charge < -0.3 is 15.3 Å². The number of hydrogen-bond donors (Lipinski definition) is 2. The Kier molecular flexibility index (Phi) is 4.33. The summed E-state index contributed by atoms with van der Waals surface area (Å²) in [6.45, 7) is 7.74. The summed E-state index contributed by atoms with van der Waals surface area (Å²) in [4.78, 5) is 14.1. The fourth-order valence-corrected chi connectivity index (χ4v) is 2.64. The van der Waals surface area contributed by atoms with E-state index in [2.05, 4.69) is 19.2 Å². The first-order valence-corrected chi connectivity index (χ1v) is 7.21. The fraction of sp³-hybridized carbons (Fsp3) is 0.562. The molecule has 2 rings (SSSR count). The molecule has 2 N–H and O–H groups in total. The van der Waals surface area contributed by atoms with E-state index in [0.717, 1.165) is 30.8 Å². The highest BCUT2D eigenvalue weighted by Gasteiger charge is 2.29. The van der Waals surface area contributed by atoms with Gasteiger partial charge in [-0.2, -0.15) is 0 Å². The van der Waals surface area contributed by atoms with Crippen molar-refractivity contribution in [2.45, 2.75) is 39.7 Å². The lowest BCUT2D eigenvalue weighted by atomic mass is 9.84. The topological polar surface area (TPSA) is 52.6 Å². The first-order valence-electron chi connectivity index (χ1n) is 7.21. The van der Waals surface area contributed by atoms with E-state index in [4.69, 9.17) is 0 Å². The molecule has 110 valence electrons. The molecule has 1 aliphatic rings. The van der Waals surface area contributed by atoms with Crippen molar-refractivity contribution in [3.63, 3.8) is 0 Å². The number of likely N-dealkylation sites (tertiary alicyclic amines) is 1. The number of benzene rings is 1. The third-order valence-electron chi connectivity index (χ3n) is 3.83. The number of carbonyl (C=O) groups excluding carboxylic acids is 1. The number of amides is 2. The molecule has 4 nitrogen and oxygen atoms in total. The van der Waals surface area contributed by atoms with Gasteiger partial charge in [0.2, 0.25) is 0 Å². The standard InChI is InChI=1S/C16H24N2O2/c1-12(19)13-5-7-14(8-6-13)17-15(20)18-10-4-9-16(2,3)11-18/h5-8,12,19H,4,9-11H2,1-3H3,(H,17,20). The Labute approximate surface area is 120 Å². The maximum atomic E-state index is 12.2. The molecule has 0 spiro atoms. The van der Waals surface area contributed by atoms with Crippen LogP contribution in [0.15, 0.2) is 24.3 Å². The summed E-state index contributed by atoms with van der Waals surface area (Å²) in [7, 11) is 0. The van der Waals surface area contributed by atoms with Crippen molar-refractivity contribution in [2.24, 2.45) is 5.41 Å². The lowest BCUT2D eigenvalue weighted by Crippen LogP contribution is -2.45. The van der Waals surface area contributed by atoms with E-state index in [1.165, 1.54) is 6.42 Å². The first kappa shape index (κ1) is 14.9. The summed E-state index contributed by atoms with van der Waals surface area (Å²) >= 11 is 0. The number of aliphatic hydroxyl groups excluding tert-OH is 1. The van der Waals surface area contributed by atoms with Crippen molar-refractivity contribution in [3.05, 3.63) is 29.8 Å². The smallest absolute Gasteiger partial charge is 0.321 e. The summed E-state index contributed by atoms with van der Waals surface area (Å²) < 4.78 is 0. The number of anilines is 1. The molecule has 0 radical (unpaired) electrons. The summed E-state index contributed by atoms with van der Waals surface area (Å²) in [5.74, 6) is 0. The molecule has 20 heavy (non-hydrogen) atoms. The van der Waals surface area contributed by atoms with E-state index >= 15 is 0 Å². The van der Waals surface area contributed by atoms with Crippen LogP contribution in [-0.4, -0.2) is 29.1 Å². The van der Waals surface area contributed by atoms with Crippen LogP contribution in [-0.2, 0) is 0 Å². The summed E-state index contributed by atoms with van der Waals surface area (Å²) in [6.07, 6.45) is 1.74. The minimum absolute atomic E-state index is 0.0393. The molecule has 0 aromatic heterocycles. The first-order chi connectivity index (χ1) is 9.37. The lowest BCUT2D eigenvalue weighted by Gasteiger charge is -2.37. The normalized spacial score (nSPS) is 19.5. The molecule has 1 aromatic rings. The third kappa shape index (κ3) is 3.73. The summed E-state index contributed by atoms with van der Waals surface area (Å²) in [6, 6.07) is 7.29. The van der Waals surface area contributed by atoms with E-state index in [9.17, 15) is 9.90 Å². The van der Waals surface area contributed by atoms with Crippen molar-refractivity contribution >= 4 is 11.7 Å². The van der Waals surface area contributed by atoms with E-state index < -0.39 is 6.10 Å². The number of aliphatic hydroxyl groups is 1. The average molecular weight is 276 g/mol. The zero-order chi connectivity index (χ0) is 14.8. The number of piperidine rings is 1. The van der Waals surface area contributed by atoms with Gasteiger partial charge in [-0.15, -0.1) is 0 Å². The zero-order valence-corrected chi connectivity index (χ0v) is 12.5. The zero-order valence-electron chi connectivity index (χ0n) is 12.5. The van der Waals surface area contributed by atoms with Gasteiger partial charge in [0.15, 0.2) is 0 Å². The van der Waals surface area contributed by atoms with Gasteiger partial charge in [0.1, 0.15) is 0 Å². The van der Waals surface area contributed by atoms with Crippen molar-refractivity contribution in [1.82, 2.24) is 4.90 Å². The van der Waals surface area contributed by atoms with Gasteiger partial charge >= 0.3 is 6.03 Å². The molecular formula is C16H24N2O2. The number of urea groups is 1. The third-order valence-corrected chi connectivity index (χ3v) is 3.83. The molecule has 0 bridgehead atoms. The predicted molar refractivity (Wildman–Crippen MR) is 80.7 cm³/mol. The van der Waals surface area contributed by atoms with Crippen molar-refractivity contribution in [1.29, 1.82) is 0 Å². The van der Waals surface area contributed by atoms with E-state index in [-0.39, 0.29) is 11.4 Å². The number of rotatable bonds is 2. The maximum absolute atomic E-state index is 12.2. The van der Waals surface area contributed by atoms with Crippen LogP contribution in [0.5, 0.6) is 0 Å². The van der Waals surface area contributed by atoms with Crippen LogP contribution in [0.25, 0.3) is 0 Å². The van der Waals surface area contributed by atoms with Crippen LogP contribution in [0.3, 0.4) is 0 Å². The minimum atomic E-state index is -0.484. The Balaban J connectivity index is 1.97. The van der Waals surface area contributed by atoms with E-state index in [0.29, 0.717) is 0 Å². The van der Waals surface area contributed by atoms with Gasteiger partial charge in [0.25, 0.3) is 0 Å². The second-order valence-electron chi connectivity index (χ2n) is 6.42. The maximum Gasteiger partial charge on any atom is 0.321 e. The van der Waals surface area contributed by atoms with Gasteiger partial charge in [-0.1, -0.05) is 26.0 Å². The second-order valence-corrected chi connectivity index (χ2v) is 6.42. The Bertz CT molecular complexity index is 466. The molecule has 1 heterocycles. The Morgan fingerprint density at radius 2 is 2.00 bits per heavy atom. The Hall–Kier alpha value is -1.55. The Morgan fingerprint density at radius 1 is 1.35 bits per heavy atom. The molecule has 1 aromatic carbocycles. The highest BCUT2D eigenvalue weighted by molar-refractivity contribution is 5.89. The fourth-order valence-electron chi connectivity index (χ4n) is 2.64. The van der Waals surface area contributed by atoms with Crippen LogP contribution in [0, 0.1) is 5.41 Å². The van der Waals surface area contributed by atoms with Crippen LogP contribution < -0.4 is 5.32 Å². The van der Waals surface area contributed by atoms with Crippen LogP contribution in [0.4, 0.5) is 10.5 Å². The van der Waals surface area contributed by atoms with Gasteiger partial charge in [-0.25, -0.2) is 4.79 Å². The minimum Gasteiger partial charge on any atom is -0.389 e. The van der Waals surface area contributed by atoms with Crippen LogP contribution in [0.1, 0.15) is 45.3 Å². The molecule has 1 saturated heterocycles. The highest BCUT2D eigenvalue weighted by atomic mass is 16.3. The summed E-state index contributed by atoms with van der Waals surface area (Å²) in [5, 5.41) is 12.4. The van der Waals surface area contributed by atoms with Gasteiger partial charge in [0, 0.05) is 18.8 Å². The quantitative estimate of drug-likeness (QED) is 0.870. The van der Waals surface area contributed by atoms with Gasteiger partial charge in [-0.05, 0) is 42.9 Å². The molecule has 4 heteroatoms. The predicted octanol–water partition coefficient (Wildman–Crippen LogP) is 3.39. The van der Waals surface area contributed by atoms with Crippen molar-refractivity contribution in [3.8, 4) is 0 Å². The number of nitrogens with zero attached hydrogens (tertiary/aromatic N) is 1.